The average Bonchev–Trinajstić information content (AvgIpc) is 2.72. The molecule has 0 N–H and O–H groups in total. The second kappa shape index (κ2) is 8.89. The van der Waals surface area contributed by atoms with Crippen LogP contribution in [0, 0.1) is 6.92 Å². The van der Waals surface area contributed by atoms with E-state index < -0.39 is 12.1 Å². The molecule has 0 fully saturated rings. The van der Waals surface area contributed by atoms with Gasteiger partial charge in [-0.3, -0.25) is 9.59 Å². The zero-order chi connectivity index (χ0) is 20.1. The van der Waals surface area contributed by atoms with Gasteiger partial charge in [0.2, 0.25) is 0 Å². The van der Waals surface area contributed by atoms with Crippen LogP contribution in [0.3, 0.4) is 0 Å². The minimum Gasteiger partial charge on any atom is -0.452 e. The van der Waals surface area contributed by atoms with Crippen molar-refractivity contribution < 1.29 is 14.3 Å². The highest BCUT2D eigenvalue weighted by atomic mass is 32.2. The third-order valence-electron chi connectivity index (χ3n) is 4.37. The molecule has 0 saturated heterocycles. The van der Waals surface area contributed by atoms with Crippen molar-refractivity contribution in [3.05, 3.63) is 66.2 Å². The van der Waals surface area contributed by atoms with Gasteiger partial charge in [0.1, 0.15) is 0 Å². The van der Waals surface area contributed by atoms with E-state index in [-0.39, 0.29) is 11.7 Å². The number of hydrogen-bond acceptors (Lipinski definition) is 5. The molecule has 0 aliphatic heterocycles. The first-order valence-electron chi connectivity index (χ1n) is 8.97. The number of hydrogen-bond donors (Lipinski definition) is 0. The van der Waals surface area contributed by atoms with Crippen LogP contribution in [0.25, 0.3) is 10.9 Å². The largest absolute Gasteiger partial charge is 0.452 e. The number of thioether (sulfide) groups is 1. The standard InChI is InChI=1S/C22H22N2O3S/c1-15-13-20(23-19-12-8-7-11-18(15)19)28-14-21(25)27-16(2)22(26)24(3)17-9-5-4-6-10-17/h4-13,16H,14H2,1-3H3/t16-/m0/s1. The van der Waals surface area contributed by atoms with Crippen molar-refractivity contribution >= 4 is 40.2 Å². The molecule has 5 nitrogen and oxygen atoms in total. The molecule has 144 valence electrons. The molecule has 0 spiro atoms. The summed E-state index contributed by atoms with van der Waals surface area (Å²) in [5.74, 6) is -0.624. The van der Waals surface area contributed by atoms with E-state index in [9.17, 15) is 9.59 Å². The molecule has 2 aromatic carbocycles. The number of carbonyl (C=O) groups excluding carboxylic acids is 2. The Morgan fingerprint density at radius 3 is 2.54 bits per heavy atom. The molecule has 28 heavy (non-hydrogen) atoms. The number of fused-ring (bicyclic) bond motifs is 1. The topological polar surface area (TPSA) is 59.5 Å². The zero-order valence-corrected chi connectivity index (χ0v) is 16.9. The minimum atomic E-state index is -0.857. The molecule has 0 aliphatic carbocycles. The summed E-state index contributed by atoms with van der Waals surface area (Å²) in [7, 11) is 1.67. The van der Waals surface area contributed by atoms with Crippen molar-refractivity contribution in [3.63, 3.8) is 0 Å². The second-order valence-electron chi connectivity index (χ2n) is 6.45. The van der Waals surface area contributed by atoms with Crippen LogP contribution in [0.15, 0.2) is 65.7 Å². The number of esters is 1. The van der Waals surface area contributed by atoms with E-state index >= 15 is 0 Å². The number of rotatable bonds is 6. The van der Waals surface area contributed by atoms with Gasteiger partial charge < -0.3 is 9.64 Å². The highest BCUT2D eigenvalue weighted by Gasteiger charge is 2.22. The number of pyridine rings is 1. The fraction of sp³-hybridized carbons (Fsp3) is 0.227. The van der Waals surface area contributed by atoms with Crippen molar-refractivity contribution in [2.24, 2.45) is 0 Å². The van der Waals surface area contributed by atoms with Gasteiger partial charge in [0, 0.05) is 18.1 Å². The van der Waals surface area contributed by atoms with Crippen molar-refractivity contribution in [1.82, 2.24) is 4.98 Å². The number of likely N-dealkylation sites (N-methyl/N-ethyl adjacent to an activating group) is 1. The van der Waals surface area contributed by atoms with E-state index in [4.69, 9.17) is 4.74 Å². The first kappa shape index (κ1) is 19.9. The number of nitrogens with zero attached hydrogens (tertiary/aromatic N) is 2. The van der Waals surface area contributed by atoms with Gasteiger partial charge in [-0.05, 0) is 43.7 Å². The van der Waals surface area contributed by atoms with Crippen LogP contribution in [-0.2, 0) is 14.3 Å². The van der Waals surface area contributed by atoms with Gasteiger partial charge in [0.15, 0.2) is 6.10 Å². The van der Waals surface area contributed by atoms with Gasteiger partial charge in [0.25, 0.3) is 5.91 Å². The maximum atomic E-state index is 12.5. The van der Waals surface area contributed by atoms with E-state index in [2.05, 4.69) is 4.98 Å². The molecule has 0 radical (unpaired) electrons. The Hall–Kier alpha value is -2.86. The number of anilines is 1. The van der Waals surface area contributed by atoms with Crippen LogP contribution in [0.1, 0.15) is 12.5 Å². The average molecular weight is 394 g/mol. The van der Waals surface area contributed by atoms with Crippen molar-refractivity contribution in [2.75, 3.05) is 17.7 Å². The van der Waals surface area contributed by atoms with Crippen LogP contribution in [0.2, 0.25) is 0 Å². The monoisotopic (exact) mass is 394 g/mol. The number of ether oxygens (including phenoxy) is 1. The number of benzene rings is 2. The summed E-state index contributed by atoms with van der Waals surface area (Å²) in [6.45, 7) is 3.61. The van der Waals surface area contributed by atoms with Crippen LogP contribution < -0.4 is 4.90 Å². The molecule has 0 bridgehead atoms. The van der Waals surface area contributed by atoms with E-state index in [0.717, 1.165) is 27.2 Å². The zero-order valence-electron chi connectivity index (χ0n) is 16.1. The molecule has 1 aromatic heterocycles. The van der Waals surface area contributed by atoms with Crippen LogP contribution in [-0.4, -0.2) is 35.8 Å². The Morgan fingerprint density at radius 2 is 1.79 bits per heavy atom. The van der Waals surface area contributed by atoms with Crippen molar-refractivity contribution in [2.45, 2.75) is 25.0 Å². The fourth-order valence-electron chi connectivity index (χ4n) is 2.86. The summed E-state index contributed by atoms with van der Waals surface area (Å²) in [6.07, 6.45) is -0.857. The van der Waals surface area contributed by atoms with Gasteiger partial charge in [0.05, 0.1) is 16.3 Å². The van der Waals surface area contributed by atoms with Gasteiger partial charge >= 0.3 is 5.97 Å². The third-order valence-corrected chi connectivity index (χ3v) is 5.25. The summed E-state index contributed by atoms with van der Waals surface area (Å²) in [6, 6.07) is 19.1. The Morgan fingerprint density at radius 1 is 1.11 bits per heavy atom. The Labute approximate surface area is 168 Å². The summed E-state index contributed by atoms with van der Waals surface area (Å²) in [5, 5.41) is 1.85. The number of para-hydroxylation sites is 2. The van der Waals surface area contributed by atoms with Gasteiger partial charge in [-0.15, -0.1) is 0 Å². The summed E-state index contributed by atoms with van der Waals surface area (Å²) in [5.41, 5.74) is 2.75. The lowest BCUT2D eigenvalue weighted by molar-refractivity contribution is -0.151. The Balaban J connectivity index is 1.57. The van der Waals surface area contributed by atoms with E-state index in [1.807, 2.05) is 67.6 Å². The summed E-state index contributed by atoms with van der Waals surface area (Å²) < 4.78 is 5.32. The molecule has 1 atom stereocenters. The minimum absolute atomic E-state index is 0.0947. The number of aryl methyl sites for hydroxylation is 1. The maximum absolute atomic E-state index is 12.5. The van der Waals surface area contributed by atoms with Crippen LogP contribution in [0.5, 0.6) is 0 Å². The van der Waals surface area contributed by atoms with Gasteiger partial charge in [-0.1, -0.05) is 48.2 Å². The lowest BCUT2D eigenvalue weighted by Gasteiger charge is -2.21. The molecule has 0 aliphatic rings. The number of carbonyl (C=O) groups is 2. The normalized spacial score (nSPS) is 11.8. The number of aromatic nitrogens is 1. The first-order valence-corrected chi connectivity index (χ1v) is 9.95. The predicted molar refractivity (Wildman–Crippen MR) is 113 cm³/mol. The molecule has 3 rings (SSSR count). The number of amides is 1. The van der Waals surface area contributed by atoms with E-state index in [1.165, 1.54) is 16.7 Å². The fourth-order valence-corrected chi connectivity index (χ4v) is 3.62. The Kier molecular flexibility index (Phi) is 6.31. The smallest absolute Gasteiger partial charge is 0.317 e. The quantitative estimate of drug-likeness (QED) is 0.463. The molecule has 6 heteroatoms. The second-order valence-corrected chi connectivity index (χ2v) is 7.44. The lowest BCUT2D eigenvalue weighted by atomic mass is 10.1. The van der Waals surface area contributed by atoms with Crippen molar-refractivity contribution in [3.8, 4) is 0 Å². The molecular weight excluding hydrogens is 372 g/mol. The predicted octanol–water partition coefficient (Wildman–Crippen LogP) is 4.23. The summed E-state index contributed by atoms with van der Waals surface area (Å²) in [4.78, 5) is 30.7. The lowest BCUT2D eigenvalue weighted by Crippen LogP contribution is -2.37. The Bertz CT molecular complexity index is 991. The van der Waals surface area contributed by atoms with Gasteiger partial charge in [-0.25, -0.2) is 4.98 Å². The molecule has 0 unspecified atom stereocenters. The molecule has 3 aromatic rings. The third kappa shape index (κ3) is 4.70. The highest BCUT2D eigenvalue weighted by molar-refractivity contribution is 7.99. The molecule has 0 saturated carbocycles. The van der Waals surface area contributed by atoms with Crippen molar-refractivity contribution in [1.29, 1.82) is 0 Å². The van der Waals surface area contributed by atoms with Gasteiger partial charge in [-0.2, -0.15) is 0 Å². The molecule has 1 heterocycles. The SMILES string of the molecule is Cc1cc(SCC(=O)O[C@@H](C)C(=O)N(C)c2ccccc2)nc2ccccc12. The summed E-state index contributed by atoms with van der Waals surface area (Å²) >= 11 is 1.31. The van der Waals surface area contributed by atoms with E-state index in [1.54, 1.807) is 14.0 Å². The molecular formula is C22H22N2O3S. The van der Waals surface area contributed by atoms with Crippen LogP contribution >= 0.6 is 11.8 Å². The van der Waals surface area contributed by atoms with E-state index in [0.29, 0.717) is 0 Å². The molecule has 1 amide bonds. The van der Waals surface area contributed by atoms with Crippen LogP contribution in [0.4, 0.5) is 5.69 Å². The highest BCUT2D eigenvalue weighted by Crippen LogP contribution is 2.23. The first-order chi connectivity index (χ1) is 13.5. The maximum Gasteiger partial charge on any atom is 0.317 e.